The van der Waals surface area contributed by atoms with Crippen molar-refractivity contribution in [3.63, 3.8) is 0 Å². The Morgan fingerprint density at radius 1 is 1.26 bits per heavy atom. The minimum Gasteiger partial charge on any atom is -0.335 e. The van der Waals surface area contributed by atoms with Crippen LogP contribution in [0.1, 0.15) is 30.5 Å². The van der Waals surface area contributed by atoms with E-state index in [4.69, 9.17) is 0 Å². The lowest BCUT2D eigenvalue weighted by atomic mass is 9.90. The standard InChI is InChI=1S/C23H23FN4O2S/c1-15(29)28-11-9-16-5-3-4-6-18(16)20(28)14-22(30)26-19-13-17(24)7-8-21(19)31-23-25-10-12-27(23)2/h3-8,10,12-13,20H,9,11,14H2,1-2H3,(H,26,30). The molecule has 0 aliphatic carbocycles. The maximum Gasteiger partial charge on any atom is 0.226 e. The predicted octanol–water partition coefficient (Wildman–Crippen LogP) is 4.18. The van der Waals surface area contributed by atoms with E-state index in [9.17, 15) is 14.0 Å². The lowest BCUT2D eigenvalue weighted by molar-refractivity contribution is -0.132. The average Bonchev–Trinajstić information content (AvgIpc) is 3.14. The molecule has 0 radical (unpaired) electrons. The van der Waals surface area contributed by atoms with Gasteiger partial charge in [0.2, 0.25) is 11.8 Å². The lowest BCUT2D eigenvalue weighted by Crippen LogP contribution is -2.40. The van der Waals surface area contributed by atoms with Crippen molar-refractivity contribution < 1.29 is 14.0 Å². The first kappa shape index (κ1) is 21.1. The summed E-state index contributed by atoms with van der Waals surface area (Å²) in [5.74, 6) is -0.780. The zero-order valence-corrected chi connectivity index (χ0v) is 18.2. The predicted molar refractivity (Wildman–Crippen MR) is 117 cm³/mol. The fourth-order valence-corrected chi connectivity index (χ4v) is 4.73. The van der Waals surface area contributed by atoms with Crippen LogP contribution in [0.3, 0.4) is 0 Å². The molecule has 1 atom stereocenters. The number of imidazole rings is 1. The molecule has 31 heavy (non-hydrogen) atoms. The first-order valence-corrected chi connectivity index (χ1v) is 10.8. The number of fused-ring (bicyclic) bond motifs is 1. The summed E-state index contributed by atoms with van der Waals surface area (Å²) in [6.45, 7) is 2.09. The van der Waals surface area contributed by atoms with Crippen LogP contribution in [0.25, 0.3) is 0 Å². The van der Waals surface area contributed by atoms with Crippen molar-refractivity contribution in [2.45, 2.75) is 35.9 Å². The van der Waals surface area contributed by atoms with Gasteiger partial charge in [-0.2, -0.15) is 0 Å². The van der Waals surface area contributed by atoms with Crippen LogP contribution in [0.2, 0.25) is 0 Å². The average molecular weight is 439 g/mol. The van der Waals surface area contributed by atoms with E-state index in [2.05, 4.69) is 10.3 Å². The fourth-order valence-electron chi connectivity index (χ4n) is 3.86. The Labute approximate surface area is 184 Å². The molecule has 2 amide bonds. The number of halogens is 1. The Kier molecular flexibility index (Phi) is 6.08. The summed E-state index contributed by atoms with van der Waals surface area (Å²) in [7, 11) is 1.87. The Morgan fingerprint density at radius 3 is 2.81 bits per heavy atom. The number of hydrogen-bond donors (Lipinski definition) is 1. The number of carbonyl (C=O) groups excluding carboxylic acids is 2. The number of carbonyl (C=O) groups is 2. The van der Waals surface area contributed by atoms with Crippen LogP contribution in [0.15, 0.2) is 64.9 Å². The maximum absolute atomic E-state index is 13.9. The molecule has 160 valence electrons. The fraction of sp³-hybridized carbons (Fsp3) is 0.261. The Hall–Kier alpha value is -3.13. The van der Waals surface area contributed by atoms with Crippen LogP contribution in [0, 0.1) is 5.82 Å². The van der Waals surface area contributed by atoms with Crippen LogP contribution in [-0.2, 0) is 23.1 Å². The third-order valence-electron chi connectivity index (χ3n) is 5.39. The summed E-state index contributed by atoms with van der Waals surface area (Å²) < 4.78 is 15.8. The molecular weight excluding hydrogens is 415 g/mol. The molecule has 3 aromatic rings. The van der Waals surface area contributed by atoms with E-state index in [1.165, 1.54) is 30.8 Å². The number of rotatable bonds is 5. The molecule has 1 aliphatic rings. The molecular formula is C23H23FN4O2S. The smallest absolute Gasteiger partial charge is 0.226 e. The molecule has 2 heterocycles. The minimum atomic E-state index is -0.437. The molecule has 1 N–H and O–H groups in total. The summed E-state index contributed by atoms with van der Waals surface area (Å²) in [4.78, 5) is 31.9. The van der Waals surface area contributed by atoms with Crippen molar-refractivity contribution in [3.05, 3.63) is 71.8 Å². The number of aryl methyl sites for hydroxylation is 1. The van der Waals surface area contributed by atoms with E-state index < -0.39 is 5.82 Å². The highest BCUT2D eigenvalue weighted by Crippen LogP contribution is 2.35. The molecule has 8 heteroatoms. The van der Waals surface area contributed by atoms with E-state index in [-0.39, 0.29) is 24.3 Å². The first-order chi connectivity index (χ1) is 14.9. The quantitative estimate of drug-likeness (QED) is 0.649. The van der Waals surface area contributed by atoms with Crippen LogP contribution in [-0.4, -0.2) is 32.8 Å². The highest BCUT2D eigenvalue weighted by molar-refractivity contribution is 7.99. The highest BCUT2D eigenvalue weighted by Gasteiger charge is 2.30. The third kappa shape index (κ3) is 4.64. The van der Waals surface area contributed by atoms with Gasteiger partial charge in [-0.3, -0.25) is 9.59 Å². The second kappa shape index (κ2) is 8.93. The van der Waals surface area contributed by atoms with E-state index in [1.807, 2.05) is 42.1 Å². The van der Waals surface area contributed by atoms with Crippen LogP contribution in [0.5, 0.6) is 0 Å². The van der Waals surface area contributed by atoms with Gasteiger partial charge in [-0.1, -0.05) is 24.3 Å². The van der Waals surface area contributed by atoms with Gasteiger partial charge < -0.3 is 14.8 Å². The number of aromatic nitrogens is 2. The van der Waals surface area contributed by atoms with Gasteiger partial charge in [-0.25, -0.2) is 9.37 Å². The van der Waals surface area contributed by atoms with Crippen molar-refractivity contribution in [1.29, 1.82) is 0 Å². The topological polar surface area (TPSA) is 67.2 Å². The maximum atomic E-state index is 13.9. The third-order valence-corrected chi connectivity index (χ3v) is 6.54. The van der Waals surface area contributed by atoms with Crippen LogP contribution >= 0.6 is 11.8 Å². The number of hydrogen-bond acceptors (Lipinski definition) is 4. The van der Waals surface area contributed by atoms with Crippen molar-refractivity contribution in [1.82, 2.24) is 14.5 Å². The SMILES string of the molecule is CC(=O)N1CCc2ccccc2C1CC(=O)Nc1cc(F)ccc1Sc1nccn1C. The van der Waals surface area contributed by atoms with Gasteiger partial charge in [-0.15, -0.1) is 0 Å². The van der Waals surface area contributed by atoms with Gasteiger partial charge >= 0.3 is 0 Å². The van der Waals surface area contributed by atoms with Gasteiger partial charge in [0.05, 0.1) is 18.2 Å². The molecule has 0 saturated heterocycles. The van der Waals surface area contributed by atoms with Crippen molar-refractivity contribution in [2.24, 2.45) is 7.05 Å². The highest BCUT2D eigenvalue weighted by atomic mass is 32.2. The molecule has 1 aromatic heterocycles. The molecule has 6 nitrogen and oxygen atoms in total. The second-order valence-electron chi connectivity index (χ2n) is 7.49. The first-order valence-electron chi connectivity index (χ1n) is 10.0. The summed E-state index contributed by atoms with van der Waals surface area (Å²) in [5.41, 5.74) is 2.52. The van der Waals surface area contributed by atoms with E-state index >= 15 is 0 Å². The molecule has 0 fully saturated rings. The van der Waals surface area contributed by atoms with Gasteiger partial charge in [0, 0.05) is 37.8 Å². The van der Waals surface area contributed by atoms with Crippen LogP contribution < -0.4 is 5.32 Å². The number of benzene rings is 2. The molecule has 0 saturated carbocycles. The zero-order chi connectivity index (χ0) is 22.0. The second-order valence-corrected chi connectivity index (χ2v) is 8.50. The zero-order valence-electron chi connectivity index (χ0n) is 17.3. The molecule has 2 aromatic carbocycles. The van der Waals surface area contributed by atoms with Gasteiger partial charge in [-0.05, 0) is 47.5 Å². The lowest BCUT2D eigenvalue weighted by Gasteiger charge is -2.36. The normalized spacial score (nSPS) is 15.5. The summed E-state index contributed by atoms with van der Waals surface area (Å²) in [6.07, 6.45) is 4.36. The number of nitrogens with one attached hydrogen (secondary N) is 1. The number of nitrogens with zero attached hydrogens (tertiary/aromatic N) is 3. The molecule has 0 spiro atoms. The van der Waals surface area contributed by atoms with Crippen molar-refractivity contribution in [2.75, 3.05) is 11.9 Å². The largest absolute Gasteiger partial charge is 0.335 e. The summed E-state index contributed by atoms with van der Waals surface area (Å²) >= 11 is 1.34. The Bertz CT molecular complexity index is 1130. The van der Waals surface area contributed by atoms with Gasteiger partial charge in [0.15, 0.2) is 5.16 Å². The number of anilines is 1. The summed E-state index contributed by atoms with van der Waals surface area (Å²) in [6, 6.07) is 11.8. The Balaban J connectivity index is 1.56. The molecule has 0 bridgehead atoms. The van der Waals surface area contributed by atoms with Crippen LogP contribution in [0.4, 0.5) is 10.1 Å². The van der Waals surface area contributed by atoms with Gasteiger partial charge in [0.1, 0.15) is 5.82 Å². The minimum absolute atomic E-state index is 0.0657. The van der Waals surface area contributed by atoms with E-state index in [0.29, 0.717) is 17.1 Å². The molecule has 1 aliphatic heterocycles. The monoisotopic (exact) mass is 438 g/mol. The Morgan fingerprint density at radius 2 is 2.06 bits per heavy atom. The van der Waals surface area contributed by atoms with Crippen molar-refractivity contribution in [3.8, 4) is 0 Å². The van der Waals surface area contributed by atoms with Crippen molar-refractivity contribution >= 4 is 29.3 Å². The number of amides is 2. The van der Waals surface area contributed by atoms with E-state index in [1.54, 1.807) is 17.2 Å². The molecule has 4 rings (SSSR count). The van der Waals surface area contributed by atoms with E-state index in [0.717, 1.165) is 22.7 Å². The van der Waals surface area contributed by atoms with Gasteiger partial charge in [0.25, 0.3) is 0 Å². The molecule has 1 unspecified atom stereocenters. The summed E-state index contributed by atoms with van der Waals surface area (Å²) in [5, 5.41) is 3.57.